The molecule has 136 valence electrons. The molecule has 1 saturated carbocycles. The van der Waals surface area contributed by atoms with E-state index in [1.807, 2.05) is 17.0 Å². The number of rotatable bonds is 4. The van der Waals surface area contributed by atoms with Gasteiger partial charge in [0.1, 0.15) is 0 Å². The largest absolute Gasteiger partial charge is 0.352 e. The van der Waals surface area contributed by atoms with Gasteiger partial charge in [0.15, 0.2) is 0 Å². The van der Waals surface area contributed by atoms with Crippen LogP contribution in [0.4, 0.5) is 0 Å². The number of piperidine rings is 1. The van der Waals surface area contributed by atoms with E-state index < -0.39 is 0 Å². The Bertz CT molecular complexity index is 606. The van der Waals surface area contributed by atoms with Gasteiger partial charge in [-0.1, -0.05) is 49.9 Å². The predicted molar refractivity (Wildman–Crippen MR) is 99.0 cm³/mol. The molecule has 3 rings (SSSR count). The van der Waals surface area contributed by atoms with Gasteiger partial charge in [0, 0.05) is 25.6 Å². The SMILES string of the molecule is Cc1ccccc1CNC(=O)[C@@H]1CCC(=O)N(C2CCCCCC2)C1. The van der Waals surface area contributed by atoms with Crippen molar-refractivity contribution in [3.63, 3.8) is 0 Å². The molecule has 1 aromatic rings. The molecule has 4 heteroatoms. The minimum atomic E-state index is -0.0648. The summed E-state index contributed by atoms with van der Waals surface area (Å²) in [5, 5.41) is 3.08. The molecule has 1 aliphatic heterocycles. The molecule has 25 heavy (non-hydrogen) atoms. The zero-order chi connectivity index (χ0) is 17.6. The maximum absolute atomic E-state index is 12.6. The van der Waals surface area contributed by atoms with Crippen molar-refractivity contribution in [3.8, 4) is 0 Å². The highest BCUT2D eigenvalue weighted by Crippen LogP contribution is 2.27. The highest BCUT2D eigenvalue weighted by atomic mass is 16.2. The first-order valence-electron chi connectivity index (χ1n) is 9.77. The maximum atomic E-state index is 12.6. The third kappa shape index (κ3) is 4.62. The molecular weight excluding hydrogens is 312 g/mol. The Labute approximate surface area is 151 Å². The van der Waals surface area contributed by atoms with Crippen molar-refractivity contribution in [2.24, 2.45) is 5.92 Å². The van der Waals surface area contributed by atoms with Gasteiger partial charge in [-0.25, -0.2) is 0 Å². The lowest BCUT2D eigenvalue weighted by Crippen LogP contribution is -2.49. The van der Waals surface area contributed by atoms with Gasteiger partial charge in [-0.3, -0.25) is 9.59 Å². The molecule has 0 aromatic heterocycles. The third-order valence-electron chi connectivity index (χ3n) is 5.79. The number of carbonyl (C=O) groups excluding carboxylic acids is 2. The Morgan fingerprint density at radius 3 is 2.56 bits per heavy atom. The molecule has 4 nitrogen and oxygen atoms in total. The van der Waals surface area contributed by atoms with Gasteiger partial charge in [0.2, 0.25) is 11.8 Å². The van der Waals surface area contributed by atoms with E-state index >= 15 is 0 Å². The monoisotopic (exact) mass is 342 g/mol. The number of carbonyl (C=O) groups is 2. The summed E-state index contributed by atoms with van der Waals surface area (Å²) in [5.41, 5.74) is 2.35. The van der Waals surface area contributed by atoms with Crippen LogP contribution in [0.1, 0.15) is 62.5 Å². The topological polar surface area (TPSA) is 49.4 Å². The van der Waals surface area contributed by atoms with E-state index in [1.54, 1.807) is 0 Å². The van der Waals surface area contributed by atoms with Crippen LogP contribution in [0.2, 0.25) is 0 Å². The summed E-state index contributed by atoms with van der Waals surface area (Å²) in [4.78, 5) is 27.0. The lowest BCUT2D eigenvalue weighted by Gasteiger charge is -2.37. The third-order valence-corrected chi connectivity index (χ3v) is 5.79. The van der Waals surface area contributed by atoms with Crippen molar-refractivity contribution >= 4 is 11.8 Å². The molecule has 2 fully saturated rings. The molecule has 1 aromatic carbocycles. The number of nitrogens with zero attached hydrogens (tertiary/aromatic N) is 1. The highest BCUT2D eigenvalue weighted by Gasteiger charge is 2.34. The van der Waals surface area contributed by atoms with E-state index in [1.165, 1.54) is 31.2 Å². The van der Waals surface area contributed by atoms with Crippen molar-refractivity contribution in [3.05, 3.63) is 35.4 Å². The van der Waals surface area contributed by atoms with E-state index in [0.29, 0.717) is 32.0 Å². The lowest BCUT2D eigenvalue weighted by atomic mass is 9.93. The standard InChI is InChI=1S/C21H30N2O2/c1-16-8-6-7-9-17(16)14-22-21(25)18-12-13-20(24)23(15-18)19-10-4-2-3-5-11-19/h6-9,18-19H,2-5,10-15H2,1H3,(H,22,25)/t18-/m1/s1. The van der Waals surface area contributed by atoms with E-state index in [4.69, 9.17) is 0 Å². The molecule has 1 N–H and O–H groups in total. The van der Waals surface area contributed by atoms with E-state index in [9.17, 15) is 9.59 Å². The summed E-state index contributed by atoms with van der Waals surface area (Å²) in [6, 6.07) is 8.48. The van der Waals surface area contributed by atoms with Crippen LogP contribution in [0.25, 0.3) is 0 Å². The molecular formula is C21H30N2O2. The van der Waals surface area contributed by atoms with Gasteiger partial charge in [-0.05, 0) is 37.3 Å². The molecule has 0 bridgehead atoms. The minimum Gasteiger partial charge on any atom is -0.352 e. The number of hydrogen-bond donors (Lipinski definition) is 1. The number of aryl methyl sites for hydroxylation is 1. The van der Waals surface area contributed by atoms with Gasteiger partial charge in [-0.2, -0.15) is 0 Å². The number of benzene rings is 1. The Balaban J connectivity index is 1.57. The summed E-state index contributed by atoms with van der Waals surface area (Å²) < 4.78 is 0. The zero-order valence-electron chi connectivity index (χ0n) is 15.3. The van der Waals surface area contributed by atoms with Crippen LogP contribution >= 0.6 is 0 Å². The second-order valence-electron chi connectivity index (χ2n) is 7.57. The van der Waals surface area contributed by atoms with Crippen LogP contribution in [0, 0.1) is 12.8 Å². The Hall–Kier alpha value is -1.84. The van der Waals surface area contributed by atoms with Gasteiger partial charge in [0.05, 0.1) is 5.92 Å². The fourth-order valence-corrected chi connectivity index (χ4v) is 4.14. The molecule has 0 spiro atoms. The van der Waals surface area contributed by atoms with Gasteiger partial charge >= 0.3 is 0 Å². The molecule has 1 saturated heterocycles. The molecule has 2 aliphatic rings. The van der Waals surface area contributed by atoms with Crippen LogP contribution in [0.15, 0.2) is 24.3 Å². The second-order valence-corrected chi connectivity index (χ2v) is 7.57. The molecule has 1 aliphatic carbocycles. The Morgan fingerprint density at radius 2 is 1.84 bits per heavy atom. The minimum absolute atomic E-state index is 0.0648. The highest BCUT2D eigenvalue weighted by molar-refractivity contribution is 5.84. The summed E-state index contributed by atoms with van der Waals surface area (Å²) in [7, 11) is 0. The Morgan fingerprint density at radius 1 is 1.12 bits per heavy atom. The van der Waals surface area contributed by atoms with Crippen LogP contribution in [-0.2, 0) is 16.1 Å². The van der Waals surface area contributed by atoms with Crippen LogP contribution < -0.4 is 5.32 Å². The smallest absolute Gasteiger partial charge is 0.225 e. The van der Waals surface area contributed by atoms with Gasteiger partial charge < -0.3 is 10.2 Å². The van der Waals surface area contributed by atoms with Crippen molar-refractivity contribution in [1.29, 1.82) is 0 Å². The number of nitrogens with one attached hydrogen (secondary N) is 1. The predicted octanol–water partition coefficient (Wildman–Crippen LogP) is 3.57. The van der Waals surface area contributed by atoms with Crippen LogP contribution in [-0.4, -0.2) is 29.3 Å². The molecule has 1 atom stereocenters. The lowest BCUT2D eigenvalue weighted by molar-refractivity contribution is -0.141. The van der Waals surface area contributed by atoms with E-state index in [2.05, 4.69) is 24.4 Å². The average Bonchev–Trinajstić information content (AvgIpc) is 2.90. The average molecular weight is 342 g/mol. The first-order chi connectivity index (χ1) is 12.1. The first kappa shape index (κ1) is 18.0. The Kier molecular flexibility index (Phi) is 6.11. The summed E-state index contributed by atoms with van der Waals surface area (Å²) in [5.74, 6) is 0.272. The van der Waals surface area contributed by atoms with Crippen LogP contribution in [0.3, 0.4) is 0 Å². The molecule has 2 amide bonds. The van der Waals surface area contributed by atoms with Gasteiger partial charge in [0.25, 0.3) is 0 Å². The fourth-order valence-electron chi connectivity index (χ4n) is 4.14. The number of amides is 2. The maximum Gasteiger partial charge on any atom is 0.225 e. The fraction of sp³-hybridized carbons (Fsp3) is 0.619. The van der Waals surface area contributed by atoms with Crippen molar-refractivity contribution < 1.29 is 9.59 Å². The number of likely N-dealkylation sites (tertiary alicyclic amines) is 1. The normalized spacial score (nSPS) is 22.5. The quantitative estimate of drug-likeness (QED) is 0.851. The molecule has 0 unspecified atom stereocenters. The van der Waals surface area contributed by atoms with E-state index in [-0.39, 0.29) is 17.7 Å². The zero-order valence-corrected chi connectivity index (χ0v) is 15.3. The second kappa shape index (κ2) is 8.50. The number of hydrogen-bond acceptors (Lipinski definition) is 2. The first-order valence-corrected chi connectivity index (χ1v) is 9.77. The summed E-state index contributed by atoms with van der Waals surface area (Å²) in [6.45, 7) is 3.23. The summed E-state index contributed by atoms with van der Waals surface area (Å²) in [6.07, 6.45) is 8.36. The van der Waals surface area contributed by atoms with Crippen molar-refractivity contribution in [2.45, 2.75) is 70.9 Å². The van der Waals surface area contributed by atoms with Crippen molar-refractivity contribution in [2.75, 3.05) is 6.54 Å². The van der Waals surface area contributed by atoms with Crippen LogP contribution in [0.5, 0.6) is 0 Å². The van der Waals surface area contributed by atoms with Gasteiger partial charge in [-0.15, -0.1) is 0 Å². The van der Waals surface area contributed by atoms with Crippen molar-refractivity contribution in [1.82, 2.24) is 10.2 Å². The van der Waals surface area contributed by atoms with E-state index in [0.717, 1.165) is 18.4 Å². The summed E-state index contributed by atoms with van der Waals surface area (Å²) >= 11 is 0. The molecule has 1 heterocycles. The molecule has 0 radical (unpaired) electrons.